The van der Waals surface area contributed by atoms with E-state index in [1.807, 2.05) is 6.07 Å². The highest BCUT2D eigenvalue weighted by atomic mass is 79.9. The van der Waals surface area contributed by atoms with Gasteiger partial charge in [-0.3, -0.25) is 0 Å². The van der Waals surface area contributed by atoms with E-state index in [0.29, 0.717) is 11.3 Å². The number of aliphatic hydroxyl groups is 1. The molecule has 0 aromatic heterocycles. The van der Waals surface area contributed by atoms with Crippen LogP contribution < -0.4 is 4.74 Å². The van der Waals surface area contributed by atoms with Gasteiger partial charge in [-0.05, 0) is 31.2 Å². The number of aliphatic hydroxyl groups excluding tert-OH is 1. The molecule has 0 aliphatic heterocycles. The molecule has 0 unspecified atom stereocenters. The molecule has 2 aromatic carbocycles. The van der Waals surface area contributed by atoms with Gasteiger partial charge in [0.25, 0.3) is 0 Å². The number of rotatable bonds is 3. The van der Waals surface area contributed by atoms with Gasteiger partial charge in [-0.1, -0.05) is 34.1 Å². The summed E-state index contributed by atoms with van der Waals surface area (Å²) in [6.07, 6.45) is -0.789. The Bertz CT molecular complexity index is 555. The molecular weight excluding hydrogens is 299 g/mol. The Hall–Kier alpha value is -1.39. The van der Waals surface area contributed by atoms with Crippen molar-refractivity contribution in [2.45, 2.75) is 13.0 Å². The average Bonchev–Trinajstić information content (AvgIpc) is 2.31. The largest absolute Gasteiger partial charge is 0.454 e. The molecule has 18 heavy (non-hydrogen) atoms. The van der Waals surface area contributed by atoms with Crippen molar-refractivity contribution in [2.75, 3.05) is 0 Å². The Morgan fingerprint density at radius 3 is 2.61 bits per heavy atom. The predicted molar refractivity (Wildman–Crippen MR) is 71.2 cm³/mol. The number of benzene rings is 2. The second kappa shape index (κ2) is 5.50. The first-order valence-corrected chi connectivity index (χ1v) is 6.27. The van der Waals surface area contributed by atoms with E-state index < -0.39 is 11.9 Å². The van der Waals surface area contributed by atoms with Crippen molar-refractivity contribution in [2.24, 2.45) is 0 Å². The molecule has 0 bridgehead atoms. The number of hydrogen-bond acceptors (Lipinski definition) is 2. The van der Waals surface area contributed by atoms with Crippen LogP contribution in [0.1, 0.15) is 18.6 Å². The fourth-order valence-electron chi connectivity index (χ4n) is 1.61. The summed E-state index contributed by atoms with van der Waals surface area (Å²) in [4.78, 5) is 0. The van der Waals surface area contributed by atoms with Crippen LogP contribution in [0.4, 0.5) is 4.39 Å². The quantitative estimate of drug-likeness (QED) is 0.908. The second-order valence-corrected chi connectivity index (χ2v) is 4.81. The van der Waals surface area contributed by atoms with E-state index in [1.165, 1.54) is 6.07 Å². The number of para-hydroxylation sites is 1. The van der Waals surface area contributed by atoms with Crippen LogP contribution in [-0.2, 0) is 0 Å². The third-order valence-corrected chi connectivity index (χ3v) is 2.96. The molecule has 1 N–H and O–H groups in total. The van der Waals surface area contributed by atoms with Gasteiger partial charge in [0.05, 0.1) is 6.10 Å². The minimum absolute atomic E-state index is 0.0607. The van der Waals surface area contributed by atoms with Crippen molar-refractivity contribution in [3.8, 4) is 11.5 Å². The van der Waals surface area contributed by atoms with Crippen molar-refractivity contribution in [3.63, 3.8) is 0 Å². The van der Waals surface area contributed by atoms with Crippen LogP contribution in [0.5, 0.6) is 11.5 Å². The van der Waals surface area contributed by atoms with Gasteiger partial charge in [-0.2, -0.15) is 0 Å². The summed E-state index contributed by atoms with van der Waals surface area (Å²) in [5.74, 6) is 0.0790. The molecule has 4 heteroatoms. The summed E-state index contributed by atoms with van der Waals surface area (Å²) in [5, 5.41) is 9.61. The summed E-state index contributed by atoms with van der Waals surface area (Å²) >= 11 is 3.32. The van der Waals surface area contributed by atoms with Crippen LogP contribution in [0.25, 0.3) is 0 Å². The van der Waals surface area contributed by atoms with Crippen LogP contribution in [0, 0.1) is 5.82 Å². The minimum atomic E-state index is -0.789. The Labute approximate surface area is 113 Å². The van der Waals surface area contributed by atoms with Gasteiger partial charge in [0.1, 0.15) is 5.75 Å². The maximum Gasteiger partial charge on any atom is 0.168 e. The second-order valence-electron chi connectivity index (χ2n) is 3.89. The molecule has 0 heterocycles. The lowest BCUT2D eigenvalue weighted by Crippen LogP contribution is -1.98. The van der Waals surface area contributed by atoms with Gasteiger partial charge in [0.15, 0.2) is 11.6 Å². The zero-order valence-corrected chi connectivity index (χ0v) is 11.3. The first-order chi connectivity index (χ1) is 8.58. The lowest BCUT2D eigenvalue weighted by Gasteiger charge is -2.14. The number of ether oxygens (including phenoxy) is 1. The molecule has 0 amide bonds. The number of halogens is 2. The van der Waals surface area contributed by atoms with Gasteiger partial charge < -0.3 is 9.84 Å². The normalized spacial score (nSPS) is 12.2. The van der Waals surface area contributed by atoms with E-state index in [-0.39, 0.29) is 5.75 Å². The number of hydrogen-bond donors (Lipinski definition) is 1. The maximum absolute atomic E-state index is 13.7. The molecule has 0 fully saturated rings. The van der Waals surface area contributed by atoms with E-state index in [4.69, 9.17) is 4.74 Å². The van der Waals surface area contributed by atoms with Crippen molar-refractivity contribution < 1.29 is 14.2 Å². The predicted octanol–water partition coefficient (Wildman–Crippen LogP) is 4.43. The van der Waals surface area contributed by atoms with Crippen molar-refractivity contribution in [1.82, 2.24) is 0 Å². The molecule has 0 saturated heterocycles. The molecular formula is C14H12BrFO2. The molecule has 2 rings (SSSR count). The molecule has 0 saturated carbocycles. The summed E-state index contributed by atoms with van der Waals surface area (Å²) in [7, 11) is 0. The van der Waals surface area contributed by atoms with Crippen LogP contribution in [0.3, 0.4) is 0 Å². The monoisotopic (exact) mass is 310 g/mol. The lowest BCUT2D eigenvalue weighted by molar-refractivity contribution is 0.194. The van der Waals surface area contributed by atoms with Crippen molar-refractivity contribution in [3.05, 3.63) is 58.3 Å². The van der Waals surface area contributed by atoms with Gasteiger partial charge in [0.2, 0.25) is 0 Å². The average molecular weight is 311 g/mol. The maximum atomic E-state index is 13.7. The van der Waals surface area contributed by atoms with E-state index >= 15 is 0 Å². The lowest BCUT2D eigenvalue weighted by atomic mass is 10.1. The highest BCUT2D eigenvalue weighted by molar-refractivity contribution is 9.10. The van der Waals surface area contributed by atoms with E-state index in [1.54, 1.807) is 37.3 Å². The zero-order valence-electron chi connectivity index (χ0n) is 9.73. The fourth-order valence-corrected chi connectivity index (χ4v) is 1.99. The van der Waals surface area contributed by atoms with Gasteiger partial charge in [-0.15, -0.1) is 0 Å². The third kappa shape index (κ3) is 2.89. The fraction of sp³-hybridized carbons (Fsp3) is 0.143. The Balaban J connectivity index is 2.39. The Morgan fingerprint density at radius 2 is 1.94 bits per heavy atom. The highest BCUT2D eigenvalue weighted by Gasteiger charge is 2.14. The first kappa shape index (κ1) is 13.1. The van der Waals surface area contributed by atoms with Crippen LogP contribution >= 0.6 is 15.9 Å². The molecule has 0 aliphatic carbocycles. The SMILES string of the molecule is C[C@H](O)c1cccc(F)c1Oc1cccc(Br)c1. The standard InChI is InChI=1S/C14H12BrFO2/c1-9(17)12-6-3-7-13(16)14(12)18-11-5-2-4-10(15)8-11/h2-9,17H,1H3/t9-/m0/s1. The molecule has 1 atom stereocenters. The summed E-state index contributed by atoms with van der Waals surface area (Å²) in [6.45, 7) is 1.57. The summed E-state index contributed by atoms with van der Waals surface area (Å²) < 4.78 is 20.1. The zero-order chi connectivity index (χ0) is 13.1. The summed E-state index contributed by atoms with van der Waals surface area (Å²) in [6, 6.07) is 11.6. The molecule has 0 spiro atoms. The molecule has 2 aromatic rings. The highest BCUT2D eigenvalue weighted by Crippen LogP contribution is 2.32. The summed E-state index contributed by atoms with van der Waals surface area (Å²) in [5.41, 5.74) is 0.426. The van der Waals surface area contributed by atoms with Crippen molar-refractivity contribution in [1.29, 1.82) is 0 Å². The first-order valence-electron chi connectivity index (χ1n) is 5.48. The van der Waals surface area contributed by atoms with E-state index in [2.05, 4.69) is 15.9 Å². The third-order valence-electron chi connectivity index (χ3n) is 2.46. The van der Waals surface area contributed by atoms with Gasteiger partial charge >= 0.3 is 0 Å². The topological polar surface area (TPSA) is 29.5 Å². The van der Waals surface area contributed by atoms with Crippen LogP contribution in [0.2, 0.25) is 0 Å². The van der Waals surface area contributed by atoms with Gasteiger partial charge in [-0.25, -0.2) is 4.39 Å². The van der Waals surface area contributed by atoms with Crippen molar-refractivity contribution >= 4 is 15.9 Å². The molecule has 2 nitrogen and oxygen atoms in total. The molecule has 0 aliphatic rings. The van der Waals surface area contributed by atoms with Crippen LogP contribution in [0.15, 0.2) is 46.9 Å². The minimum Gasteiger partial charge on any atom is -0.454 e. The smallest absolute Gasteiger partial charge is 0.168 e. The Kier molecular flexibility index (Phi) is 3.99. The molecule has 0 radical (unpaired) electrons. The van der Waals surface area contributed by atoms with Gasteiger partial charge in [0, 0.05) is 10.0 Å². The Morgan fingerprint density at radius 1 is 1.22 bits per heavy atom. The van der Waals surface area contributed by atoms with E-state index in [0.717, 1.165) is 4.47 Å². The van der Waals surface area contributed by atoms with E-state index in [9.17, 15) is 9.50 Å². The van der Waals surface area contributed by atoms with Crippen LogP contribution in [-0.4, -0.2) is 5.11 Å². The molecule has 94 valence electrons.